The molecule has 0 bridgehead atoms. The highest BCUT2D eigenvalue weighted by molar-refractivity contribution is 7.89. The molecule has 0 unspecified atom stereocenters. The highest BCUT2D eigenvalue weighted by Gasteiger charge is 2.23. The summed E-state index contributed by atoms with van der Waals surface area (Å²) in [6, 6.07) is 11.6. The van der Waals surface area contributed by atoms with E-state index < -0.39 is 15.9 Å². The molecule has 7 nitrogen and oxygen atoms in total. The third kappa shape index (κ3) is 3.30. The van der Waals surface area contributed by atoms with Gasteiger partial charge in [0.15, 0.2) is 0 Å². The van der Waals surface area contributed by atoms with Crippen molar-refractivity contribution in [3.05, 3.63) is 60.5 Å². The number of primary sulfonamides is 1. The molecule has 1 heterocycles. The molecule has 0 saturated carbocycles. The summed E-state index contributed by atoms with van der Waals surface area (Å²) >= 11 is 0. The lowest BCUT2D eigenvalue weighted by Crippen LogP contribution is -2.24. The Morgan fingerprint density at radius 3 is 2.36 bits per heavy atom. The highest BCUT2D eigenvalue weighted by Crippen LogP contribution is 2.31. The maximum Gasteiger partial charge on any atom is 0.252 e. The lowest BCUT2D eigenvalue weighted by Gasteiger charge is -2.12. The second-order valence-electron chi connectivity index (χ2n) is 5.22. The highest BCUT2D eigenvalue weighted by atomic mass is 32.2. The van der Waals surface area contributed by atoms with Gasteiger partial charge in [0.05, 0.1) is 11.8 Å². The summed E-state index contributed by atoms with van der Waals surface area (Å²) in [6.45, 7) is 0. The molecule has 3 rings (SSSR count). The van der Waals surface area contributed by atoms with Crippen LogP contribution in [0.1, 0.15) is 10.4 Å². The van der Waals surface area contributed by atoms with Crippen molar-refractivity contribution in [3.8, 4) is 22.6 Å². The molecule has 128 valence electrons. The summed E-state index contributed by atoms with van der Waals surface area (Å²) < 4.78 is 29.4. The van der Waals surface area contributed by atoms with Crippen molar-refractivity contribution in [2.75, 3.05) is 7.05 Å². The van der Waals surface area contributed by atoms with Crippen LogP contribution in [-0.2, 0) is 10.0 Å². The van der Waals surface area contributed by atoms with Gasteiger partial charge in [-0.1, -0.05) is 24.3 Å². The molecule has 3 N–H and O–H groups in total. The van der Waals surface area contributed by atoms with Crippen molar-refractivity contribution in [1.82, 2.24) is 10.3 Å². The number of aromatic nitrogens is 1. The standard InChI is InChI=1S/C17H15N3O4S/c1-19-16(21)14-4-2-3-13(15(14)25(18,22)23)11-5-7-12(8-6-11)17-20-9-10-24-17/h2-10H,1H3,(H,19,21)(H2,18,22,23). The van der Waals surface area contributed by atoms with Gasteiger partial charge in [0.1, 0.15) is 11.2 Å². The van der Waals surface area contributed by atoms with Crippen LogP contribution in [0.4, 0.5) is 0 Å². The second-order valence-corrected chi connectivity index (χ2v) is 6.72. The van der Waals surface area contributed by atoms with Crippen LogP contribution >= 0.6 is 0 Å². The van der Waals surface area contributed by atoms with Crippen LogP contribution in [0.2, 0.25) is 0 Å². The van der Waals surface area contributed by atoms with Gasteiger partial charge in [-0.15, -0.1) is 0 Å². The summed E-state index contributed by atoms with van der Waals surface area (Å²) in [7, 11) is -2.69. The fourth-order valence-corrected chi connectivity index (χ4v) is 3.50. The zero-order valence-electron chi connectivity index (χ0n) is 13.3. The first-order chi connectivity index (χ1) is 11.9. The van der Waals surface area contributed by atoms with Gasteiger partial charge in [-0.05, 0) is 23.8 Å². The van der Waals surface area contributed by atoms with E-state index in [4.69, 9.17) is 9.56 Å². The summed E-state index contributed by atoms with van der Waals surface area (Å²) in [6.07, 6.45) is 3.00. The largest absolute Gasteiger partial charge is 0.445 e. The van der Waals surface area contributed by atoms with Crippen molar-refractivity contribution in [2.45, 2.75) is 4.90 Å². The number of nitrogens with one attached hydrogen (secondary N) is 1. The summed E-state index contributed by atoms with van der Waals surface area (Å²) in [4.78, 5) is 15.9. The third-order valence-electron chi connectivity index (χ3n) is 3.65. The van der Waals surface area contributed by atoms with E-state index in [-0.39, 0.29) is 10.5 Å². The molecule has 0 atom stereocenters. The van der Waals surface area contributed by atoms with E-state index in [1.54, 1.807) is 36.4 Å². The van der Waals surface area contributed by atoms with Crippen molar-refractivity contribution >= 4 is 15.9 Å². The molecule has 0 aliphatic rings. The van der Waals surface area contributed by atoms with Crippen LogP contribution in [0.3, 0.4) is 0 Å². The molecule has 3 aromatic rings. The normalized spacial score (nSPS) is 11.3. The van der Waals surface area contributed by atoms with Crippen LogP contribution in [0.25, 0.3) is 22.6 Å². The quantitative estimate of drug-likeness (QED) is 0.741. The molecule has 8 heteroatoms. The Balaban J connectivity index is 2.15. The predicted octanol–water partition coefficient (Wildman–Crippen LogP) is 2.02. The molecule has 1 amide bonds. The van der Waals surface area contributed by atoms with Gasteiger partial charge in [0.25, 0.3) is 5.91 Å². The molecule has 2 aromatic carbocycles. The Morgan fingerprint density at radius 1 is 1.12 bits per heavy atom. The number of sulfonamides is 1. The predicted molar refractivity (Wildman–Crippen MR) is 92.1 cm³/mol. The number of nitrogens with zero attached hydrogens (tertiary/aromatic N) is 1. The van der Waals surface area contributed by atoms with Gasteiger partial charge >= 0.3 is 0 Å². The number of rotatable bonds is 4. The van der Waals surface area contributed by atoms with Gasteiger partial charge in [-0.25, -0.2) is 18.5 Å². The molecular formula is C17H15N3O4S. The third-order valence-corrected chi connectivity index (χ3v) is 4.66. The molecule has 0 spiro atoms. The fourth-order valence-electron chi connectivity index (χ4n) is 2.54. The molecule has 0 fully saturated rings. The van der Waals surface area contributed by atoms with Crippen LogP contribution in [-0.4, -0.2) is 26.4 Å². The summed E-state index contributed by atoms with van der Waals surface area (Å²) in [5.41, 5.74) is 1.69. The van der Waals surface area contributed by atoms with E-state index in [1.807, 2.05) is 0 Å². The van der Waals surface area contributed by atoms with Gasteiger partial charge in [-0.3, -0.25) is 4.79 Å². The smallest absolute Gasteiger partial charge is 0.252 e. The first-order valence-corrected chi connectivity index (χ1v) is 8.84. The molecule has 0 saturated heterocycles. The van der Waals surface area contributed by atoms with Gasteiger partial charge in [0.2, 0.25) is 15.9 Å². The number of carbonyl (C=O) groups excluding carboxylic acids is 1. The van der Waals surface area contributed by atoms with Crippen molar-refractivity contribution < 1.29 is 17.6 Å². The second kappa shape index (κ2) is 6.50. The SMILES string of the molecule is CNC(=O)c1cccc(-c2ccc(-c3ncco3)cc2)c1S(N)(=O)=O. The maximum absolute atomic E-state index is 12.1. The minimum absolute atomic E-state index is 0.000669. The Hall–Kier alpha value is -2.97. The van der Waals surface area contributed by atoms with E-state index in [9.17, 15) is 13.2 Å². The van der Waals surface area contributed by atoms with Crippen molar-refractivity contribution in [2.24, 2.45) is 5.14 Å². The van der Waals surface area contributed by atoms with E-state index in [2.05, 4.69) is 10.3 Å². The number of amides is 1. The Kier molecular flexibility index (Phi) is 4.39. The molecule has 0 aliphatic carbocycles. The number of hydrogen-bond acceptors (Lipinski definition) is 5. The van der Waals surface area contributed by atoms with Gasteiger partial charge in [0, 0.05) is 18.2 Å². The van der Waals surface area contributed by atoms with Gasteiger partial charge < -0.3 is 9.73 Å². The minimum atomic E-state index is -4.11. The van der Waals surface area contributed by atoms with Crippen molar-refractivity contribution in [3.63, 3.8) is 0 Å². The number of benzene rings is 2. The molecular weight excluding hydrogens is 342 g/mol. The van der Waals surface area contributed by atoms with E-state index in [0.717, 1.165) is 5.56 Å². The molecule has 0 aliphatic heterocycles. The fraction of sp³-hybridized carbons (Fsp3) is 0.0588. The average molecular weight is 357 g/mol. The lowest BCUT2D eigenvalue weighted by atomic mass is 10.0. The molecule has 25 heavy (non-hydrogen) atoms. The number of oxazole rings is 1. The molecule has 1 aromatic heterocycles. The Bertz CT molecular complexity index is 1010. The zero-order chi connectivity index (χ0) is 18.0. The number of nitrogens with two attached hydrogens (primary N) is 1. The van der Waals surface area contributed by atoms with Crippen LogP contribution < -0.4 is 10.5 Å². The number of carbonyl (C=O) groups is 1. The summed E-state index contributed by atoms with van der Waals surface area (Å²) in [5, 5.41) is 7.78. The lowest BCUT2D eigenvalue weighted by molar-refractivity contribution is 0.0960. The first-order valence-electron chi connectivity index (χ1n) is 7.30. The first kappa shape index (κ1) is 16.9. The topological polar surface area (TPSA) is 115 Å². The van der Waals surface area contributed by atoms with Crippen LogP contribution in [0.15, 0.2) is 64.2 Å². The number of hydrogen-bond donors (Lipinski definition) is 2. The Labute approximate surface area is 144 Å². The maximum atomic E-state index is 12.1. The van der Waals surface area contributed by atoms with Crippen molar-refractivity contribution in [1.29, 1.82) is 0 Å². The van der Waals surface area contributed by atoms with E-state index in [0.29, 0.717) is 17.0 Å². The van der Waals surface area contributed by atoms with Gasteiger partial charge in [-0.2, -0.15) is 0 Å². The zero-order valence-corrected chi connectivity index (χ0v) is 14.1. The molecule has 0 radical (unpaired) electrons. The average Bonchev–Trinajstić information content (AvgIpc) is 3.14. The monoisotopic (exact) mass is 357 g/mol. The minimum Gasteiger partial charge on any atom is -0.445 e. The Morgan fingerprint density at radius 2 is 1.80 bits per heavy atom. The van der Waals surface area contributed by atoms with Crippen LogP contribution in [0.5, 0.6) is 0 Å². The van der Waals surface area contributed by atoms with Crippen LogP contribution in [0, 0.1) is 0 Å². The van der Waals surface area contributed by atoms with E-state index in [1.165, 1.54) is 25.6 Å². The van der Waals surface area contributed by atoms with E-state index >= 15 is 0 Å². The summed E-state index contributed by atoms with van der Waals surface area (Å²) in [5.74, 6) is -0.0698.